The van der Waals surface area contributed by atoms with Gasteiger partial charge in [-0.05, 0) is 35.0 Å². The molecule has 18 heavy (non-hydrogen) atoms. The van der Waals surface area contributed by atoms with Crippen molar-refractivity contribution in [1.82, 2.24) is 0 Å². The third-order valence-electron chi connectivity index (χ3n) is 3.18. The van der Waals surface area contributed by atoms with Gasteiger partial charge in [0, 0.05) is 6.08 Å². The Morgan fingerprint density at radius 3 is 1.94 bits per heavy atom. The lowest BCUT2D eigenvalue weighted by molar-refractivity contribution is -0.131. The van der Waals surface area contributed by atoms with Crippen molar-refractivity contribution in [2.45, 2.75) is 33.6 Å². The summed E-state index contributed by atoms with van der Waals surface area (Å²) in [7, 11) is 0. The van der Waals surface area contributed by atoms with E-state index in [0.717, 1.165) is 11.6 Å². The number of carbonyl (C=O) groups is 1. The van der Waals surface area contributed by atoms with Crippen LogP contribution in [0, 0.1) is 11.8 Å². The molecule has 0 aliphatic carbocycles. The van der Waals surface area contributed by atoms with Crippen molar-refractivity contribution < 1.29 is 9.90 Å². The van der Waals surface area contributed by atoms with Crippen LogP contribution in [-0.4, -0.2) is 11.1 Å². The zero-order valence-electron chi connectivity index (χ0n) is 11.6. The molecular formula is C16H22O2. The Morgan fingerprint density at radius 1 is 1.06 bits per heavy atom. The minimum atomic E-state index is -0.915. The van der Waals surface area contributed by atoms with Gasteiger partial charge in [-0.3, -0.25) is 0 Å². The molecule has 0 saturated heterocycles. The van der Waals surface area contributed by atoms with Gasteiger partial charge in [0.15, 0.2) is 0 Å². The summed E-state index contributed by atoms with van der Waals surface area (Å²) in [5.74, 6) is 0.833. The van der Waals surface area contributed by atoms with Gasteiger partial charge < -0.3 is 5.11 Å². The summed E-state index contributed by atoms with van der Waals surface area (Å²) < 4.78 is 0. The van der Waals surface area contributed by atoms with E-state index in [2.05, 4.69) is 39.8 Å². The molecular weight excluding hydrogens is 224 g/mol. The van der Waals surface area contributed by atoms with E-state index < -0.39 is 5.97 Å². The van der Waals surface area contributed by atoms with E-state index in [4.69, 9.17) is 5.11 Å². The molecule has 0 saturated carbocycles. The average Bonchev–Trinajstić information content (AvgIpc) is 2.27. The lowest BCUT2D eigenvalue weighted by Crippen LogP contribution is -2.13. The van der Waals surface area contributed by atoms with Gasteiger partial charge in [0.25, 0.3) is 0 Å². The summed E-state index contributed by atoms with van der Waals surface area (Å²) in [5.41, 5.74) is 2.25. The fraction of sp³-hybridized carbons (Fsp3) is 0.438. The maximum atomic E-state index is 10.4. The number of benzene rings is 1. The molecule has 2 nitrogen and oxygen atoms in total. The van der Waals surface area contributed by atoms with Crippen LogP contribution in [0.25, 0.3) is 6.08 Å². The highest BCUT2D eigenvalue weighted by Gasteiger charge is 2.19. The summed E-state index contributed by atoms with van der Waals surface area (Å²) in [5, 5.41) is 8.58. The molecule has 0 unspecified atom stereocenters. The van der Waals surface area contributed by atoms with Crippen LogP contribution in [0.5, 0.6) is 0 Å². The molecule has 0 radical (unpaired) electrons. The molecule has 0 bridgehead atoms. The normalized spacial score (nSPS) is 11.9. The summed E-state index contributed by atoms with van der Waals surface area (Å²) in [6.07, 6.45) is 2.78. The molecule has 1 aromatic rings. The molecule has 0 atom stereocenters. The molecule has 1 aromatic carbocycles. The molecule has 0 spiro atoms. The molecule has 1 N–H and O–H groups in total. The number of carboxylic acid groups (broad SMARTS) is 1. The fourth-order valence-electron chi connectivity index (χ4n) is 2.54. The van der Waals surface area contributed by atoms with Crippen molar-refractivity contribution in [2.24, 2.45) is 11.8 Å². The molecule has 0 fully saturated rings. The fourth-order valence-corrected chi connectivity index (χ4v) is 2.54. The first-order chi connectivity index (χ1) is 8.41. The van der Waals surface area contributed by atoms with Crippen LogP contribution in [0.15, 0.2) is 30.3 Å². The van der Waals surface area contributed by atoms with Gasteiger partial charge in [-0.15, -0.1) is 0 Å². The molecule has 0 aliphatic heterocycles. The van der Waals surface area contributed by atoms with Crippen LogP contribution in [0.4, 0.5) is 0 Å². The predicted octanol–water partition coefficient (Wildman–Crippen LogP) is 4.18. The highest BCUT2D eigenvalue weighted by molar-refractivity contribution is 5.85. The van der Waals surface area contributed by atoms with Crippen molar-refractivity contribution in [3.05, 3.63) is 41.5 Å². The molecule has 0 aliphatic rings. The lowest BCUT2D eigenvalue weighted by Gasteiger charge is -2.25. The Hall–Kier alpha value is -1.57. The maximum Gasteiger partial charge on any atom is 0.328 e. The Morgan fingerprint density at radius 2 is 1.56 bits per heavy atom. The first-order valence-corrected chi connectivity index (χ1v) is 6.42. The van der Waals surface area contributed by atoms with Crippen LogP contribution in [-0.2, 0) is 4.79 Å². The molecule has 0 amide bonds. The molecule has 2 heteroatoms. The monoisotopic (exact) mass is 246 g/mol. The van der Waals surface area contributed by atoms with E-state index in [-0.39, 0.29) is 0 Å². The summed E-state index contributed by atoms with van der Waals surface area (Å²) in [6.45, 7) is 8.96. The van der Waals surface area contributed by atoms with Crippen LogP contribution in [0.1, 0.15) is 44.7 Å². The van der Waals surface area contributed by atoms with Crippen LogP contribution < -0.4 is 0 Å². The summed E-state index contributed by atoms with van der Waals surface area (Å²) >= 11 is 0. The Bertz CT molecular complexity index is 405. The predicted molar refractivity (Wildman–Crippen MR) is 75.5 cm³/mol. The Labute approximate surface area is 109 Å². The van der Waals surface area contributed by atoms with Crippen LogP contribution >= 0.6 is 0 Å². The summed E-state index contributed by atoms with van der Waals surface area (Å²) in [4.78, 5) is 10.4. The number of hydrogen-bond donors (Lipinski definition) is 1. The second-order valence-corrected chi connectivity index (χ2v) is 5.35. The van der Waals surface area contributed by atoms with Crippen molar-refractivity contribution in [1.29, 1.82) is 0 Å². The first kappa shape index (κ1) is 14.5. The number of carboxylic acids is 1. The molecule has 98 valence electrons. The van der Waals surface area contributed by atoms with Crippen molar-refractivity contribution >= 4 is 12.0 Å². The van der Waals surface area contributed by atoms with E-state index in [1.807, 2.05) is 12.1 Å². The van der Waals surface area contributed by atoms with Crippen LogP contribution in [0.3, 0.4) is 0 Å². The maximum absolute atomic E-state index is 10.4. The van der Waals surface area contributed by atoms with Crippen molar-refractivity contribution in [3.63, 3.8) is 0 Å². The smallest absolute Gasteiger partial charge is 0.328 e. The highest BCUT2D eigenvalue weighted by atomic mass is 16.4. The molecule has 1 rings (SSSR count). The topological polar surface area (TPSA) is 37.3 Å². The number of rotatable bonds is 5. The SMILES string of the molecule is CC(C)C(c1ccc(C=CC(=O)O)cc1)C(C)C. The number of hydrogen-bond acceptors (Lipinski definition) is 1. The largest absolute Gasteiger partial charge is 0.478 e. The van der Waals surface area contributed by atoms with Gasteiger partial charge in [-0.25, -0.2) is 4.79 Å². The molecule has 0 heterocycles. The minimum absolute atomic E-state index is 0.544. The van der Waals surface area contributed by atoms with Gasteiger partial charge in [-0.1, -0.05) is 52.0 Å². The van der Waals surface area contributed by atoms with E-state index in [9.17, 15) is 4.79 Å². The van der Waals surface area contributed by atoms with E-state index >= 15 is 0 Å². The third-order valence-corrected chi connectivity index (χ3v) is 3.18. The number of aliphatic carboxylic acids is 1. The second-order valence-electron chi connectivity index (χ2n) is 5.35. The van der Waals surface area contributed by atoms with Crippen molar-refractivity contribution in [2.75, 3.05) is 0 Å². The quantitative estimate of drug-likeness (QED) is 0.791. The minimum Gasteiger partial charge on any atom is -0.478 e. The lowest BCUT2D eigenvalue weighted by atomic mass is 9.80. The average molecular weight is 246 g/mol. The zero-order valence-corrected chi connectivity index (χ0v) is 11.6. The zero-order chi connectivity index (χ0) is 13.7. The van der Waals surface area contributed by atoms with Crippen molar-refractivity contribution in [3.8, 4) is 0 Å². The van der Waals surface area contributed by atoms with Gasteiger partial charge in [0.2, 0.25) is 0 Å². The standard InChI is InChI=1S/C16H22O2/c1-11(2)16(12(3)4)14-8-5-13(6-9-14)7-10-15(17)18/h5-12,16H,1-4H3,(H,17,18). The Kier molecular flexibility index (Phi) is 5.14. The third kappa shape index (κ3) is 4.02. The van der Waals surface area contributed by atoms with Gasteiger partial charge >= 0.3 is 5.97 Å². The van der Waals surface area contributed by atoms with Gasteiger partial charge in [0.05, 0.1) is 0 Å². The van der Waals surface area contributed by atoms with Crippen LogP contribution in [0.2, 0.25) is 0 Å². The van der Waals surface area contributed by atoms with Gasteiger partial charge in [-0.2, -0.15) is 0 Å². The second kappa shape index (κ2) is 6.39. The first-order valence-electron chi connectivity index (χ1n) is 6.42. The highest BCUT2D eigenvalue weighted by Crippen LogP contribution is 2.31. The van der Waals surface area contributed by atoms with Gasteiger partial charge in [0.1, 0.15) is 0 Å². The molecule has 0 aromatic heterocycles. The summed E-state index contributed by atoms with van der Waals surface area (Å²) in [6, 6.07) is 8.16. The van der Waals surface area contributed by atoms with E-state index in [0.29, 0.717) is 17.8 Å². The Balaban J connectivity index is 2.90. The van der Waals surface area contributed by atoms with E-state index in [1.165, 1.54) is 5.56 Å². The van der Waals surface area contributed by atoms with E-state index in [1.54, 1.807) is 6.08 Å².